The molecule has 1 saturated heterocycles. The van der Waals surface area contributed by atoms with E-state index in [1.54, 1.807) is 0 Å². The summed E-state index contributed by atoms with van der Waals surface area (Å²) in [7, 11) is 0. The summed E-state index contributed by atoms with van der Waals surface area (Å²) in [5, 5.41) is 21.5. The Labute approximate surface area is 170 Å². The zero-order valence-electron chi connectivity index (χ0n) is 16.4. The van der Waals surface area contributed by atoms with Crippen LogP contribution in [0.1, 0.15) is 29.5 Å². The van der Waals surface area contributed by atoms with Gasteiger partial charge in [-0.1, -0.05) is 36.4 Å². The standard InChI is InChI=1S/C23H24N4O2/c1-16-2-5-19(13-20(16)14-24)18-6-3-17(4-7-18)12-21(15-25)27-22(28)23(26)8-10-29-11-9-23/h2-7,13,21H,8-12,26H2,1H3,(H,27,28)/t21-/m0/s1. The molecule has 6 nitrogen and oxygen atoms in total. The van der Waals surface area contributed by atoms with Gasteiger partial charge in [0.2, 0.25) is 5.91 Å². The van der Waals surface area contributed by atoms with E-state index in [1.165, 1.54) is 0 Å². The molecule has 29 heavy (non-hydrogen) atoms. The summed E-state index contributed by atoms with van der Waals surface area (Å²) < 4.78 is 5.27. The molecule has 1 atom stereocenters. The van der Waals surface area contributed by atoms with Gasteiger partial charge in [0.1, 0.15) is 6.04 Å². The number of rotatable bonds is 5. The van der Waals surface area contributed by atoms with E-state index in [-0.39, 0.29) is 5.91 Å². The van der Waals surface area contributed by atoms with Gasteiger partial charge >= 0.3 is 0 Å². The molecular weight excluding hydrogens is 364 g/mol. The molecule has 1 aliphatic heterocycles. The number of ether oxygens (including phenoxy) is 1. The average Bonchev–Trinajstić information content (AvgIpc) is 2.74. The van der Waals surface area contributed by atoms with E-state index in [1.807, 2.05) is 49.4 Å². The second kappa shape index (κ2) is 8.87. The Morgan fingerprint density at radius 2 is 1.83 bits per heavy atom. The lowest BCUT2D eigenvalue weighted by Crippen LogP contribution is -2.58. The summed E-state index contributed by atoms with van der Waals surface area (Å²) in [5.74, 6) is -0.298. The topological polar surface area (TPSA) is 112 Å². The molecule has 0 spiro atoms. The van der Waals surface area contributed by atoms with Crippen molar-refractivity contribution in [3.05, 3.63) is 59.2 Å². The maximum absolute atomic E-state index is 12.5. The van der Waals surface area contributed by atoms with Crippen molar-refractivity contribution in [1.29, 1.82) is 10.5 Å². The molecule has 3 rings (SSSR count). The minimum absolute atomic E-state index is 0.298. The van der Waals surface area contributed by atoms with E-state index in [2.05, 4.69) is 17.5 Å². The van der Waals surface area contributed by atoms with Crippen LogP contribution in [0.25, 0.3) is 11.1 Å². The molecule has 2 aromatic rings. The Balaban J connectivity index is 1.67. The molecule has 0 aromatic heterocycles. The quantitative estimate of drug-likeness (QED) is 0.818. The van der Waals surface area contributed by atoms with Gasteiger partial charge < -0.3 is 15.8 Å². The molecule has 0 bridgehead atoms. The van der Waals surface area contributed by atoms with Crippen molar-refractivity contribution in [2.45, 2.75) is 37.8 Å². The molecule has 0 radical (unpaired) electrons. The Morgan fingerprint density at radius 3 is 2.45 bits per heavy atom. The Hall–Kier alpha value is -3.19. The lowest BCUT2D eigenvalue weighted by molar-refractivity contribution is -0.130. The van der Waals surface area contributed by atoms with Gasteiger partial charge in [0.15, 0.2) is 0 Å². The minimum Gasteiger partial charge on any atom is -0.381 e. The normalized spacial score (nSPS) is 16.3. The van der Waals surface area contributed by atoms with E-state index >= 15 is 0 Å². The summed E-state index contributed by atoms with van der Waals surface area (Å²) in [6.45, 7) is 2.82. The number of benzene rings is 2. The van der Waals surface area contributed by atoms with Gasteiger partial charge in [0, 0.05) is 19.6 Å². The van der Waals surface area contributed by atoms with Crippen LogP contribution in [0.15, 0.2) is 42.5 Å². The Bertz CT molecular complexity index is 964. The van der Waals surface area contributed by atoms with Crippen LogP contribution < -0.4 is 11.1 Å². The third-order valence-corrected chi connectivity index (χ3v) is 5.38. The van der Waals surface area contributed by atoms with Crippen molar-refractivity contribution in [3.63, 3.8) is 0 Å². The van der Waals surface area contributed by atoms with Crippen molar-refractivity contribution in [1.82, 2.24) is 5.32 Å². The molecule has 3 N–H and O–H groups in total. The van der Waals surface area contributed by atoms with Gasteiger partial charge in [-0.05, 0) is 48.1 Å². The first kappa shape index (κ1) is 20.5. The maximum atomic E-state index is 12.5. The number of nitrogens with two attached hydrogens (primary N) is 1. The highest BCUT2D eigenvalue weighted by molar-refractivity contribution is 5.86. The number of hydrogen-bond donors (Lipinski definition) is 2. The van der Waals surface area contributed by atoms with Crippen molar-refractivity contribution in [2.24, 2.45) is 5.73 Å². The average molecular weight is 388 g/mol. The van der Waals surface area contributed by atoms with Crippen LogP contribution in [0.4, 0.5) is 0 Å². The van der Waals surface area contributed by atoms with Crippen molar-refractivity contribution in [3.8, 4) is 23.3 Å². The second-order valence-electron chi connectivity index (χ2n) is 7.47. The largest absolute Gasteiger partial charge is 0.381 e. The summed E-state index contributed by atoms with van der Waals surface area (Å²) in [6.07, 6.45) is 1.30. The fraction of sp³-hybridized carbons (Fsp3) is 0.348. The van der Waals surface area contributed by atoms with Crippen molar-refractivity contribution >= 4 is 5.91 Å². The molecule has 1 fully saturated rings. The van der Waals surface area contributed by atoms with Crippen molar-refractivity contribution in [2.75, 3.05) is 13.2 Å². The highest BCUT2D eigenvalue weighted by Gasteiger charge is 2.36. The number of carbonyl (C=O) groups excluding carboxylic acids is 1. The second-order valence-corrected chi connectivity index (χ2v) is 7.47. The number of nitrogens with one attached hydrogen (secondary N) is 1. The van der Waals surface area contributed by atoms with E-state index in [0.29, 0.717) is 38.0 Å². The summed E-state index contributed by atoms with van der Waals surface area (Å²) in [6, 6.07) is 17.3. The van der Waals surface area contributed by atoms with Crippen LogP contribution in [0, 0.1) is 29.6 Å². The van der Waals surface area contributed by atoms with Crippen LogP contribution in [0.3, 0.4) is 0 Å². The predicted molar refractivity (Wildman–Crippen MR) is 110 cm³/mol. The molecule has 1 amide bonds. The fourth-order valence-corrected chi connectivity index (χ4v) is 3.38. The van der Waals surface area contributed by atoms with Crippen LogP contribution in [0.5, 0.6) is 0 Å². The maximum Gasteiger partial charge on any atom is 0.241 e. The molecule has 0 unspecified atom stereocenters. The molecule has 0 saturated carbocycles. The number of amides is 1. The number of nitriles is 2. The molecule has 1 aliphatic rings. The predicted octanol–water partition coefficient (Wildman–Crippen LogP) is 2.59. The fourth-order valence-electron chi connectivity index (χ4n) is 3.38. The van der Waals surface area contributed by atoms with E-state index in [4.69, 9.17) is 10.5 Å². The highest BCUT2D eigenvalue weighted by atomic mass is 16.5. The SMILES string of the molecule is Cc1ccc(-c2ccc(C[C@@H](C#N)NC(=O)C3(N)CCOCC3)cc2)cc1C#N. The molecule has 0 aliphatic carbocycles. The van der Waals surface area contributed by atoms with E-state index in [9.17, 15) is 15.3 Å². The number of hydrogen-bond acceptors (Lipinski definition) is 5. The summed E-state index contributed by atoms with van der Waals surface area (Å²) >= 11 is 0. The van der Waals surface area contributed by atoms with Gasteiger partial charge in [-0.15, -0.1) is 0 Å². The molecule has 2 aromatic carbocycles. The molecular formula is C23H24N4O2. The van der Waals surface area contributed by atoms with Crippen molar-refractivity contribution < 1.29 is 9.53 Å². The summed E-state index contributed by atoms with van der Waals surface area (Å²) in [4.78, 5) is 12.5. The van der Waals surface area contributed by atoms with Crippen LogP contribution in [0.2, 0.25) is 0 Å². The third kappa shape index (κ3) is 4.81. The monoisotopic (exact) mass is 388 g/mol. The number of carbonyl (C=O) groups is 1. The minimum atomic E-state index is -0.971. The van der Waals surface area contributed by atoms with Gasteiger partial charge in [-0.3, -0.25) is 4.79 Å². The summed E-state index contributed by atoms with van der Waals surface area (Å²) in [5.41, 5.74) is 9.72. The smallest absolute Gasteiger partial charge is 0.241 e. The lowest BCUT2D eigenvalue weighted by Gasteiger charge is -2.32. The van der Waals surface area contributed by atoms with E-state index in [0.717, 1.165) is 22.3 Å². The zero-order valence-corrected chi connectivity index (χ0v) is 16.4. The first-order chi connectivity index (χ1) is 13.9. The van der Waals surface area contributed by atoms with Crippen LogP contribution in [-0.4, -0.2) is 30.7 Å². The first-order valence-electron chi connectivity index (χ1n) is 9.62. The third-order valence-electron chi connectivity index (χ3n) is 5.38. The molecule has 1 heterocycles. The first-order valence-corrected chi connectivity index (χ1v) is 9.62. The van der Waals surface area contributed by atoms with Gasteiger partial charge in [0.05, 0.1) is 23.2 Å². The van der Waals surface area contributed by atoms with Gasteiger partial charge in [0.25, 0.3) is 0 Å². The Morgan fingerprint density at radius 1 is 1.17 bits per heavy atom. The van der Waals surface area contributed by atoms with Crippen LogP contribution >= 0.6 is 0 Å². The Kier molecular flexibility index (Phi) is 6.29. The van der Waals surface area contributed by atoms with Gasteiger partial charge in [-0.2, -0.15) is 10.5 Å². The highest BCUT2D eigenvalue weighted by Crippen LogP contribution is 2.23. The number of nitrogens with zero attached hydrogens (tertiary/aromatic N) is 2. The lowest BCUT2D eigenvalue weighted by atomic mass is 9.90. The number of aryl methyl sites for hydroxylation is 1. The van der Waals surface area contributed by atoms with Crippen LogP contribution in [-0.2, 0) is 16.0 Å². The molecule has 148 valence electrons. The van der Waals surface area contributed by atoms with Gasteiger partial charge in [-0.25, -0.2) is 0 Å². The molecule has 6 heteroatoms. The zero-order chi connectivity index (χ0) is 20.9. The van der Waals surface area contributed by atoms with E-state index < -0.39 is 11.6 Å².